The van der Waals surface area contributed by atoms with Crippen LogP contribution in [0.4, 0.5) is 0 Å². The van der Waals surface area contributed by atoms with E-state index in [1.54, 1.807) is 13.0 Å². The predicted molar refractivity (Wildman–Crippen MR) is 101 cm³/mol. The molecule has 2 aromatic carbocycles. The molecule has 4 heteroatoms. The fourth-order valence-electron chi connectivity index (χ4n) is 3.54. The van der Waals surface area contributed by atoms with E-state index in [9.17, 15) is 9.90 Å². The Morgan fingerprint density at radius 3 is 2.28 bits per heavy atom. The van der Waals surface area contributed by atoms with Gasteiger partial charge in [-0.25, -0.2) is 0 Å². The van der Waals surface area contributed by atoms with Crippen molar-refractivity contribution in [1.29, 1.82) is 0 Å². The SMILES string of the molecule is CC(=O)c1c(C)n(-c2ccccc2)c2ccc(O)c(C[N+](C)(C)C)c12. The quantitative estimate of drug-likeness (QED) is 0.576. The van der Waals surface area contributed by atoms with Crippen LogP contribution in [0.5, 0.6) is 5.75 Å². The number of rotatable bonds is 4. The Bertz CT molecular complexity index is 948. The molecule has 25 heavy (non-hydrogen) atoms. The number of fused-ring (bicyclic) bond motifs is 1. The zero-order valence-electron chi connectivity index (χ0n) is 15.5. The highest BCUT2D eigenvalue weighted by Crippen LogP contribution is 2.37. The molecule has 0 radical (unpaired) electrons. The maximum atomic E-state index is 12.5. The fraction of sp³-hybridized carbons (Fsp3) is 0.286. The minimum atomic E-state index is 0.0189. The van der Waals surface area contributed by atoms with Crippen molar-refractivity contribution >= 4 is 16.7 Å². The topological polar surface area (TPSA) is 42.2 Å². The van der Waals surface area contributed by atoms with E-state index < -0.39 is 0 Å². The van der Waals surface area contributed by atoms with Gasteiger partial charge in [0.25, 0.3) is 0 Å². The number of quaternary nitrogens is 1. The number of phenols is 1. The number of hydrogen-bond donors (Lipinski definition) is 1. The molecule has 1 N–H and O–H groups in total. The molecular formula is C21H25N2O2+. The molecule has 3 aromatic rings. The highest BCUT2D eigenvalue weighted by atomic mass is 16.3. The third-order valence-electron chi connectivity index (χ3n) is 4.45. The highest BCUT2D eigenvalue weighted by Gasteiger charge is 2.25. The summed E-state index contributed by atoms with van der Waals surface area (Å²) in [4.78, 5) is 12.5. The van der Waals surface area contributed by atoms with Crippen molar-refractivity contribution in [3.63, 3.8) is 0 Å². The average Bonchev–Trinajstić information content (AvgIpc) is 2.82. The minimum Gasteiger partial charge on any atom is -0.507 e. The van der Waals surface area contributed by atoms with Crippen LogP contribution in [0.1, 0.15) is 28.5 Å². The number of hydrogen-bond acceptors (Lipinski definition) is 2. The molecule has 0 unspecified atom stereocenters. The largest absolute Gasteiger partial charge is 0.507 e. The summed E-state index contributed by atoms with van der Waals surface area (Å²) in [5.41, 5.74) is 4.39. The van der Waals surface area contributed by atoms with Crippen LogP contribution in [-0.4, -0.2) is 41.1 Å². The average molecular weight is 337 g/mol. The fourth-order valence-corrected chi connectivity index (χ4v) is 3.54. The molecule has 0 aliphatic rings. The molecular weight excluding hydrogens is 312 g/mol. The van der Waals surface area contributed by atoms with Gasteiger partial charge in [0.1, 0.15) is 12.3 Å². The summed E-state index contributed by atoms with van der Waals surface area (Å²) < 4.78 is 2.77. The smallest absolute Gasteiger partial charge is 0.162 e. The van der Waals surface area contributed by atoms with E-state index in [-0.39, 0.29) is 11.5 Å². The first kappa shape index (κ1) is 17.2. The Labute approximate surface area is 148 Å². The van der Waals surface area contributed by atoms with Gasteiger partial charge in [0.15, 0.2) is 5.78 Å². The van der Waals surface area contributed by atoms with Gasteiger partial charge in [-0.15, -0.1) is 0 Å². The van der Waals surface area contributed by atoms with Gasteiger partial charge in [-0.05, 0) is 38.1 Å². The number of aromatic hydroxyl groups is 1. The van der Waals surface area contributed by atoms with Crippen LogP contribution in [-0.2, 0) is 6.54 Å². The number of nitrogens with zero attached hydrogens (tertiary/aromatic N) is 2. The van der Waals surface area contributed by atoms with Gasteiger partial charge in [0.2, 0.25) is 0 Å². The Hall–Kier alpha value is -2.59. The molecule has 3 rings (SSSR count). The van der Waals surface area contributed by atoms with Gasteiger partial charge in [0.05, 0.1) is 32.2 Å². The van der Waals surface area contributed by atoms with Crippen LogP contribution in [0.15, 0.2) is 42.5 Å². The van der Waals surface area contributed by atoms with Crippen molar-refractivity contribution in [2.75, 3.05) is 21.1 Å². The molecule has 0 aliphatic carbocycles. The maximum Gasteiger partial charge on any atom is 0.162 e. The highest BCUT2D eigenvalue weighted by molar-refractivity contribution is 6.10. The number of aromatic nitrogens is 1. The van der Waals surface area contributed by atoms with E-state index in [1.807, 2.05) is 43.3 Å². The first-order valence-corrected chi connectivity index (χ1v) is 8.43. The van der Waals surface area contributed by atoms with E-state index in [0.717, 1.165) is 27.8 Å². The molecule has 0 spiro atoms. The van der Waals surface area contributed by atoms with Crippen molar-refractivity contribution in [2.45, 2.75) is 20.4 Å². The lowest BCUT2D eigenvalue weighted by molar-refractivity contribution is -0.883. The van der Waals surface area contributed by atoms with Gasteiger partial charge >= 0.3 is 0 Å². The summed E-state index contributed by atoms with van der Waals surface area (Å²) in [6.07, 6.45) is 0. The second kappa shape index (κ2) is 6.05. The Morgan fingerprint density at radius 2 is 1.72 bits per heavy atom. The van der Waals surface area contributed by atoms with Gasteiger partial charge in [-0.3, -0.25) is 4.79 Å². The van der Waals surface area contributed by atoms with Crippen LogP contribution < -0.4 is 0 Å². The monoisotopic (exact) mass is 337 g/mol. The van der Waals surface area contributed by atoms with Gasteiger partial charge < -0.3 is 14.2 Å². The zero-order chi connectivity index (χ0) is 18.4. The number of benzene rings is 2. The number of carbonyl (C=O) groups excluding carboxylic acids is 1. The van der Waals surface area contributed by atoms with Crippen LogP contribution >= 0.6 is 0 Å². The first-order chi connectivity index (χ1) is 11.7. The van der Waals surface area contributed by atoms with E-state index in [0.29, 0.717) is 16.6 Å². The second-order valence-electron chi connectivity index (χ2n) is 7.59. The van der Waals surface area contributed by atoms with Gasteiger partial charge in [-0.1, -0.05) is 18.2 Å². The van der Waals surface area contributed by atoms with E-state index in [2.05, 4.69) is 25.7 Å². The Balaban J connectivity index is 2.44. The first-order valence-electron chi connectivity index (χ1n) is 8.43. The molecule has 0 bridgehead atoms. The lowest BCUT2D eigenvalue weighted by Crippen LogP contribution is -2.33. The number of Topliss-reactive ketones (excluding diaryl/α,β-unsaturated/α-hetero) is 1. The van der Waals surface area contributed by atoms with Gasteiger partial charge in [-0.2, -0.15) is 0 Å². The van der Waals surface area contributed by atoms with Crippen LogP contribution in [0, 0.1) is 6.92 Å². The van der Waals surface area contributed by atoms with E-state index in [1.165, 1.54) is 0 Å². The number of ketones is 1. The molecule has 130 valence electrons. The minimum absolute atomic E-state index is 0.0189. The van der Waals surface area contributed by atoms with Crippen molar-refractivity contribution < 1.29 is 14.4 Å². The second-order valence-corrected chi connectivity index (χ2v) is 7.59. The zero-order valence-corrected chi connectivity index (χ0v) is 15.5. The standard InChI is InChI=1S/C21H24N2O2/c1-14-20(15(2)24)21-17(13-23(3,4)5)19(25)12-11-18(21)22(14)16-9-7-6-8-10-16/h6-12H,13H2,1-5H3/p+1. The molecule has 0 fully saturated rings. The lowest BCUT2D eigenvalue weighted by Gasteiger charge is -2.25. The van der Waals surface area contributed by atoms with E-state index in [4.69, 9.17) is 0 Å². The molecule has 0 saturated heterocycles. The third kappa shape index (κ3) is 3.05. The van der Waals surface area contributed by atoms with Crippen LogP contribution in [0.3, 0.4) is 0 Å². The van der Waals surface area contributed by atoms with Crippen LogP contribution in [0.2, 0.25) is 0 Å². The summed E-state index contributed by atoms with van der Waals surface area (Å²) in [5, 5.41) is 11.4. The van der Waals surface area contributed by atoms with Crippen molar-refractivity contribution in [3.05, 3.63) is 59.3 Å². The summed E-state index contributed by atoms with van der Waals surface area (Å²) in [6.45, 7) is 4.20. The molecule has 0 atom stereocenters. The summed E-state index contributed by atoms with van der Waals surface area (Å²) in [6, 6.07) is 13.6. The predicted octanol–water partition coefficient (Wildman–Crippen LogP) is 4.05. The molecule has 4 nitrogen and oxygen atoms in total. The van der Waals surface area contributed by atoms with Gasteiger partial charge in [0, 0.05) is 22.3 Å². The summed E-state index contributed by atoms with van der Waals surface area (Å²) in [5.74, 6) is 0.263. The van der Waals surface area contributed by atoms with Crippen molar-refractivity contribution in [3.8, 4) is 11.4 Å². The molecule has 1 heterocycles. The lowest BCUT2D eigenvalue weighted by atomic mass is 10.0. The maximum absolute atomic E-state index is 12.5. The molecule has 0 aliphatic heterocycles. The Kier molecular flexibility index (Phi) is 4.17. The number of carbonyl (C=O) groups is 1. The summed E-state index contributed by atoms with van der Waals surface area (Å²) >= 11 is 0. The molecule has 0 saturated carbocycles. The Morgan fingerprint density at radius 1 is 1.08 bits per heavy atom. The number of phenolic OH excluding ortho intramolecular Hbond substituents is 1. The molecule has 1 aromatic heterocycles. The molecule has 0 amide bonds. The normalized spacial score (nSPS) is 11.9. The van der Waals surface area contributed by atoms with E-state index >= 15 is 0 Å². The van der Waals surface area contributed by atoms with Crippen molar-refractivity contribution in [1.82, 2.24) is 4.57 Å². The summed E-state index contributed by atoms with van der Waals surface area (Å²) in [7, 11) is 6.23. The number of para-hydroxylation sites is 1. The van der Waals surface area contributed by atoms with Crippen molar-refractivity contribution in [2.24, 2.45) is 0 Å². The third-order valence-corrected chi connectivity index (χ3v) is 4.45. The van der Waals surface area contributed by atoms with Crippen LogP contribution in [0.25, 0.3) is 16.6 Å².